The molecular weight excluding hydrogens is 316 g/mol. The minimum absolute atomic E-state index is 0.0203. The van der Waals surface area contributed by atoms with Gasteiger partial charge < -0.3 is 21.0 Å². The zero-order valence-electron chi connectivity index (χ0n) is 12.7. The number of carbonyl (C=O) groups is 5. The number of benzene rings is 1. The van der Waals surface area contributed by atoms with Gasteiger partial charge in [0.25, 0.3) is 0 Å². The average Bonchev–Trinajstić information content (AvgIpc) is 2.78. The summed E-state index contributed by atoms with van der Waals surface area (Å²) in [6.45, 7) is -0.340. The summed E-state index contributed by atoms with van der Waals surface area (Å²) >= 11 is 0. The summed E-state index contributed by atoms with van der Waals surface area (Å²) in [5.41, 5.74) is 5.96. The van der Waals surface area contributed by atoms with Crippen LogP contribution in [-0.4, -0.2) is 41.4 Å². The van der Waals surface area contributed by atoms with Gasteiger partial charge in [0.15, 0.2) is 11.6 Å². The van der Waals surface area contributed by atoms with Crippen molar-refractivity contribution in [2.75, 3.05) is 11.9 Å². The van der Waals surface area contributed by atoms with Crippen molar-refractivity contribution in [2.45, 2.75) is 12.8 Å². The standard InChI is InChI=1S/C16H16N2O6/c17-16(24)10(2-1-5-19)13-14(22)9-4-3-8(18-7-12(20)21)6-11(9)15(13)23/h3-6,10,13,18H,1-2,7H2,(H2,17,24)(H,20,21). The van der Waals surface area contributed by atoms with Gasteiger partial charge in [-0.05, 0) is 24.6 Å². The largest absolute Gasteiger partial charge is 0.480 e. The molecular formula is C16H16N2O6. The predicted molar refractivity (Wildman–Crippen MR) is 82.7 cm³/mol. The fraction of sp³-hybridized carbons (Fsp3) is 0.312. The molecule has 8 heteroatoms. The number of fused-ring (bicyclic) bond motifs is 1. The van der Waals surface area contributed by atoms with E-state index in [9.17, 15) is 24.0 Å². The van der Waals surface area contributed by atoms with E-state index in [0.717, 1.165) is 0 Å². The normalized spacial score (nSPS) is 17.2. The molecule has 2 rings (SSSR count). The average molecular weight is 332 g/mol. The molecule has 0 heterocycles. The molecule has 1 aliphatic rings. The number of hydrogen-bond donors (Lipinski definition) is 3. The lowest BCUT2D eigenvalue weighted by atomic mass is 9.84. The fourth-order valence-electron chi connectivity index (χ4n) is 2.79. The van der Waals surface area contributed by atoms with Gasteiger partial charge in [-0.25, -0.2) is 0 Å². The Bertz CT molecular complexity index is 727. The summed E-state index contributed by atoms with van der Waals surface area (Å²) in [7, 11) is 0. The molecule has 2 atom stereocenters. The highest BCUT2D eigenvalue weighted by Crippen LogP contribution is 2.34. The molecule has 0 aliphatic heterocycles. The molecule has 0 saturated carbocycles. The van der Waals surface area contributed by atoms with Crippen LogP contribution in [0.15, 0.2) is 18.2 Å². The molecule has 24 heavy (non-hydrogen) atoms. The van der Waals surface area contributed by atoms with Crippen LogP contribution in [0.4, 0.5) is 5.69 Å². The number of carbonyl (C=O) groups excluding carboxylic acids is 4. The first-order chi connectivity index (χ1) is 11.4. The van der Waals surface area contributed by atoms with Crippen molar-refractivity contribution in [1.29, 1.82) is 0 Å². The lowest BCUT2D eigenvalue weighted by Crippen LogP contribution is -2.35. The third-order valence-electron chi connectivity index (χ3n) is 3.92. The Hall–Kier alpha value is -3.03. The van der Waals surface area contributed by atoms with Crippen LogP contribution in [0.2, 0.25) is 0 Å². The van der Waals surface area contributed by atoms with Gasteiger partial charge in [0.2, 0.25) is 5.91 Å². The highest BCUT2D eigenvalue weighted by Gasteiger charge is 2.45. The molecule has 1 aromatic rings. The second-order valence-corrected chi connectivity index (χ2v) is 5.47. The third kappa shape index (κ3) is 3.32. The number of aldehydes is 1. The molecule has 0 spiro atoms. The minimum atomic E-state index is -1.23. The quantitative estimate of drug-likeness (QED) is 0.457. The van der Waals surface area contributed by atoms with E-state index in [1.165, 1.54) is 18.2 Å². The number of primary amides is 1. The lowest BCUT2D eigenvalue weighted by molar-refractivity contribution is -0.135. The van der Waals surface area contributed by atoms with Crippen LogP contribution < -0.4 is 11.1 Å². The Labute approximate surface area is 137 Å². The number of carboxylic acids is 1. The summed E-state index contributed by atoms with van der Waals surface area (Å²) in [4.78, 5) is 57.7. The highest BCUT2D eigenvalue weighted by atomic mass is 16.4. The number of aliphatic carboxylic acids is 1. The van der Waals surface area contributed by atoms with Crippen LogP contribution in [-0.2, 0) is 14.4 Å². The maximum absolute atomic E-state index is 12.5. The van der Waals surface area contributed by atoms with Gasteiger partial charge in [-0.3, -0.25) is 19.2 Å². The second kappa shape index (κ2) is 7.03. The van der Waals surface area contributed by atoms with Gasteiger partial charge in [0.1, 0.15) is 12.8 Å². The van der Waals surface area contributed by atoms with Crippen molar-refractivity contribution in [3.8, 4) is 0 Å². The Kier molecular flexibility index (Phi) is 5.08. The SMILES string of the molecule is NC(=O)C(CCC=O)C1C(=O)c2ccc(NCC(=O)O)cc2C1=O. The van der Waals surface area contributed by atoms with E-state index in [2.05, 4.69) is 5.32 Å². The maximum Gasteiger partial charge on any atom is 0.322 e. The van der Waals surface area contributed by atoms with Gasteiger partial charge in [-0.2, -0.15) is 0 Å². The van der Waals surface area contributed by atoms with Crippen molar-refractivity contribution < 1.29 is 29.1 Å². The number of rotatable bonds is 8. The number of ketones is 2. The molecule has 1 aliphatic carbocycles. The molecule has 2 unspecified atom stereocenters. The number of nitrogens with two attached hydrogens (primary N) is 1. The first-order valence-corrected chi connectivity index (χ1v) is 7.28. The van der Waals surface area contributed by atoms with Crippen molar-refractivity contribution in [3.63, 3.8) is 0 Å². The summed E-state index contributed by atoms with van der Waals surface area (Å²) < 4.78 is 0. The minimum Gasteiger partial charge on any atom is -0.480 e. The van der Waals surface area contributed by atoms with Gasteiger partial charge >= 0.3 is 5.97 Å². The number of Topliss-reactive ketones (excluding diaryl/α,β-unsaturated/α-hetero) is 2. The van der Waals surface area contributed by atoms with E-state index < -0.39 is 35.3 Å². The van der Waals surface area contributed by atoms with Crippen molar-refractivity contribution in [2.24, 2.45) is 17.6 Å². The molecule has 0 fully saturated rings. The summed E-state index contributed by atoms with van der Waals surface area (Å²) in [6, 6.07) is 4.29. The van der Waals surface area contributed by atoms with E-state index in [1.807, 2.05) is 0 Å². The van der Waals surface area contributed by atoms with Crippen LogP contribution in [0.1, 0.15) is 33.6 Å². The first-order valence-electron chi connectivity index (χ1n) is 7.28. The molecule has 0 radical (unpaired) electrons. The molecule has 0 saturated heterocycles. The number of nitrogens with one attached hydrogen (secondary N) is 1. The first kappa shape index (κ1) is 17.3. The Morgan fingerprint density at radius 1 is 1.25 bits per heavy atom. The number of hydrogen-bond acceptors (Lipinski definition) is 6. The Morgan fingerprint density at radius 3 is 2.50 bits per heavy atom. The smallest absolute Gasteiger partial charge is 0.322 e. The summed E-state index contributed by atoms with van der Waals surface area (Å²) in [6.07, 6.45) is 0.645. The van der Waals surface area contributed by atoms with Crippen molar-refractivity contribution in [1.82, 2.24) is 0 Å². The van der Waals surface area contributed by atoms with E-state index in [0.29, 0.717) is 12.0 Å². The van der Waals surface area contributed by atoms with Gasteiger partial charge in [0, 0.05) is 23.2 Å². The third-order valence-corrected chi connectivity index (χ3v) is 3.92. The molecule has 126 valence electrons. The van der Waals surface area contributed by atoms with E-state index in [4.69, 9.17) is 10.8 Å². The van der Waals surface area contributed by atoms with Crippen molar-refractivity contribution >= 4 is 35.4 Å². The molecule has 0 bridgehead atoms. The monoisotopic (exact) mass is 332 g/mol. The molecule has 8 nitrogen and oxygen atoms in total. The Morgan fingerprint density at radius 2 is 1.92 bits per heavy atom. The summed E-state index contributed by atoms with van der Waals surface area (Å²) in [5.74, 6) is -5.19. The lowest BCUT2D eigenvalue weighted by Gasteiger charge is -2.16. The molecule has 1 aromatic carbocycles. The number of anilines is 1. The Balaban J connectivity index is 2.30. The van der Waals surface area contributed by atoms with Crippen LogP contribution in [0.25, 0.3) is 0 Å². The van der Waals surface area contributed by atoms with Crippen LogP contribution >= 0.6 is 0 Å². The fourth-order valence-corrected chi connectivity index (χ4v) is 2.79. The summed E-state index contributed by atoms with van der Waals surface area (Å²) in [5, 5.41) is 11.3. The zero-order valence-corrected chi connectivity index (χ0v) is 12.7. The van der Waals surface area contributed by atoms with Crippen LogP contribution in [0, 0.1) is 11.8 Å². The predicted octanol–water partition coefficient (Wildman–Crippen LogP) is 0.259. The molecule has 4 N–H and O–H groups in total. The van der Waals surface area contributed by atoms with Gasteiger partial charge in [0.05, 0.1) is 11.8 Å². The van der Waals surface area contributed by atoms with Crippen LogP contribution in [0.5, 0.6) is 0 Å². The highest BCUT2D eigenvalue weighted by molar-refractivity contribution is 6.28. The van der Waals surface area contributed by atoms with E-state index in [-0.39, 0.29) is 30.5 Å². The number of amides is 1. The maximum atomic E-state index is 12.5. The number of carboxylic acid groups (broad SMARTS) is 1. The van der Waals surface area contributed by atoms with Crippen LogP contribution in [0.3, 0.4) is 0 Å². The van der Waals surface area contributed by atoms with E-state index >= 15 is 0 Å². The molecule has 1 amide bonds. The van der Waals surface area contributed by atoms with Gasteiger partial charge in [-0.15, -0.1) is 0 Å². The second-order valence-electron chi connectivity index (χ2n) is 5.47. The topological polar surface area (TPSA) is 144 Å². The van der Waals surface area contributed by atoms with Gasteiger partial charge in [-0.1, -0.05) is 0 Å². The molecule has 0 aromatic heterocycles. The van der Waals surface area contributed by atoms with E-state index in [1.54, 1.807) is 0 Å². The van der Waals surface area contributed by atoms with Crippen molar-refractivity contribution in [3.05, 3.63) is 29.3 Å². The zero-order chi connectivity index (χ0) is 17.9.